The van der Waals surface area contributed by atoms with Crippen LogP contribution in [0.5, 0.6) is 0 Å². The standard InChI is InChI=1S/C18H26FN7.HI/c1-3-17-23-22-14-26(17)9-8-21-18(20-2)25-12-10-24(11-13-25)16-6-4-15(19)5-7-16;/h4-7,14H,3,8-13H2,1-2H3,(H,20,21);1H. The van der Waals surface area contributed by atoms with Crippen LogP contribution >= 0.6 is 24.0 Å². The molecule has 148 valence electrons. The van der Waals surface area contributed by atoms with E-state index in [0.717, 1.165) is 63.2 Å². The van der Waals surface area contributed by atoms with Crippen molar-refractivity contribution in [2.75, 3.05) is 44.7 Å². The van der Waals surface area contributed by atoms with E-state index in [1.165, 1.54) is 12.1 Å². The summed E-state index contributed by atoms with van der Waals surface area (Å²) in [5.74, 6) is 1.71. The topological polar surface area (TPSA) is 61.6 Å². The highest BCUT2D eigenvalue weighted by Gasteiger charge is 2.19. The van der Waals surface area contributed by atoms with Gasteiger partial charge in [0.2, 0.25) is 0 Å². The first-order valence-electron chi connectivity index (χ1n) is 9.04. The van der Waals surface area contributed by atoms with Gasteiger partial charge in [-0.2, -0.15) is 0 Å². The van der Waals surface area contributed by atoms with Crippen LogP contribution in [0.25, 0.3) is 0 Å². The molecule has 1 aliphatic heterocycles. The molecule has 2 heterocycles. The summed E-state index contributed by atoms with van der Waals surface area (Å²) in [5.41, 5.74) is 1.06. The van der Waals surface area contributed by atoms with Gasteiger partial charge in [-0.3, -0.25) is 4.99 Å². The first kappa shape index (κ1) is 21.4. The van der Waals surface area contributed by atoms with Gasteiger partial charge in [-0.1, -0.05) is 6.92 Å². The number of nitrogens with zero attached hydrogens (tertiary/aromatic N) is 6. The molecule has 7 nitrogen and oxygen atoms in total. The third-order valence-corrected chi connectivity index (χ3v) is 4.63. The maximum absolute atomic E-state index is 13.1. The van der Waals surface area contributed by atoms with E-state index in [1.54, 1.807) is 6.33 Å². The van der Waals surface area contributed by atoms with E-state index >= 15 is 0 Å². The number of anilines is 1. The largest absolute Gasteiger partial charge is 0.368 e. The first-order valence-corrected chi connectivity index (χ1v) is 9.04. The van der Waals surface area contributed by atoms with Gasteiger partial charge in [0.25, 0.3) is 0 Å². The Bertz CT molecular complexity index is 724. The van der Waals surface area contributed by atoms with Crippen LogP contribution in [0.2, 0.25) is 0 Å². The highest BCUT2D eigenvalue weighted by Crippen LogP contribution is 2.16. The molecule has 1 saturated heterocycles. The Labute approximate surface area is 176 Å². The number of benzene rings is 1. The van der Waals surface area contributed by atoms with E-state index in [0.29, 0.717) is 0 Å². The average Bonchev–Trinajstić information content (AvgIpc) is 3.14. The molecule has 1 aromatic heterocycles. The van der Waals surface area contributed by atoms with Crippen LogP contribution in [0.4, 0.5) is 10.1 Å². The highest BCUT2D eigenvalue weighted by molar-refractivity contribution is 14.0. The molecule has 1 N–H and O–H groups in total. The van der Waals surface area contributed by atoms with Crippen molar-refractivity contribution in [3.05, 3.63) is 42.2 Å². The van der Waals surface area contributed by atoms with Gasteiger partial charge in [0.05, 0.1) is 0 Å². The lowest BCUT2D eigenvalue weighted by Gasteiger charge is -2.37. The van der Waals surface area contributed by atoms with E-state index in [2.05, 4.69) is 41.8 Å². The highest BCUT2D eigenvalue weighted by atomic mass is 127. The second kappa shape index (κ2) is 10.4. The maximum atomic E-state index is 13.1. The van der Waals surface area contributed by atoms with E-state index in [9.17, 15) is 4.39 Å². The zero-order valence-corrected chi connectivity index (χ0v) is 18.1. The van der Waals surface area contributed by atoms with Crippen LogP contribution in [-0.4, -0.2) is 65.4 Å². The summed E-state index contributed by atoms with van der Waals surface area (Å²) in [5, 5.41) is 11.5. The van der Waals surface area contributed by atoms with Crippen molar-refractivity contribution in [1.29, 1.82) is 0 Å². The SMILES string of the molecule is CCc1nncn1CCNC(=NC)N1CCN(c2ccc(F)cc2)CC1.I. The molecule has 2 aromatic rings. The van der Waals surface area contributed by atoms with Gasteiger partial charge in [-0.05, 0) is 24.3 Å². The lowest BCUT2D eigenvalue weighted by atomic mass is 10.2. The number of aromatic nitrogens is 3. The fourth-order valence-electron chi connectivity index (χ4n) is 3.19. The van der Waals surface area contributed by atoms with Crippen molar-refractivity contribution in [3.63, 3.8) is 0 Å². The number of aliphatic imine (C=N–C) groups is 1. The van der Waals surface area contributed by atoms with Crippen LogP contribution in [0, 0.1) is 5.82 Å². The smallest absolute Gasteiger partial charge is 0.193 e. The lowest BCUT2D eigenvalue weighted by molar-refractivity contribution is 0.371. The van der Waals surface area contributed by atoms with E-state index in [-0.39, 0.29) is 29.8 Å². The number of guanidine groups is 1. The number of rotatable bonds is 5. The normalized spacial score (nSPS) is 14.9. The molecule has 0 radical (unpaired) electrons. The van der Waals surface area contributed by atoms with Crippen LogP contribution in [-0.2, 0) is 13.0 Å². The van der Waals surface area contributed by atoms with Gasteiger partial charge in [-0.15, -0.1) is 34.2 Å². The Kier molecular flexibility index (Phi) is 8.26. The maximum Gasteiger partial charge on any atom is 0.193 e. The number of hydrogen-bond donors (Lipinski definition) is 1. The lowest BCUT2D eigenvalue weighted by Crippen LogP contribution is -2.52. The van der Waals surface area contributed by atoms with Gasteiger partial charge >= 0.3 is 0 Å². The Balaban J connectivity index is 0.00000261. The molecule has 0 bridgehead atoms. The van der Waals surface area contributed by atoms with Gasteiger partial charge in [-0.25, -0.2) is 4.39 Å². The molecule has 1 fully saturated rings. The summed E-state index contributed by atoms with van der Waals surface area (Å²) < 4.78 is 15.1. The second-order valence-corrected chi connectivity index (χ2v) is 6.22. The van der Waals surface area contributed by atoms with Crippen molar-refractivity contribution in [1.82, 2.24) is 25.0 Å². The zero-order chi connectivity index (χ0) is 18.4. The van der Waals surface area contributed by atoms with Crippen LogP contribution in [0.15, 0.2) is 35.6 Å². The predicted molar refractivity (Wildman–Crippen MR) is 116 cm³/mol. The van der Waals surface area contributed by atoms with Crippen LogP contribution < -0.4 is 10.2 Å². The predicted octanol–water partition coefficient (Wildman–Crippen LogP) is 2.00. The third-order valence-electron chi connectivity index (χ3n) is 4.63. The molecular formula is C18H27FIN7. The quantitative estimate of drug-likeness (QED) is 0.397. The van der Waals surface area contributed by atoms with Crippen molar-refractivity contribution in [3.8, 4) is 0 Å². The van der Waals surface area contributed by atoms with Crippen molar-refractivity contribution < 1.29 is 4.39 Å². The third kappa shape index (κ3) is 5.53. The fourth-order valence-corrected chi connectivity index (χ4v) is 3.19. The number of aryl methyl sites for hydroxylation is 1. The van der Waals surface area contributed by atoms with Crippen molar-refractivity contribution in [2.24, 2.45) is 4.99 Å². The zero-order valence-electron chi connectivity index (χ0n) is 15.8. The molecule has 27 heavy (non-hydrogen) atoms. The minimum atomic E-state index is -0.198. The minimum absolute atomic E-state index is 0. The summed E-state index contributed by atoms with van der Waals surface area (Å²) in [6, 6.07) is 6.69. The molecule has 0 spiro atoms. The molecule has 9 heteroatoms. The van der Waals surface area contributed by atoms with Crippen LogP contribution in [0.3, 0.4) is 0 Å². The van der Waals surface area contributed by atoms with Crippen molar-refractivity contribution in [2.45, 2.75) is 19.9 Å². The first-order chi connectivity index (χ1) is 12.7. The van der Waals surface area contributed by atoms with E-state index < -0.39 is 0 Å². The van der Waals surface area contributed by atoms with E-state index in [1.807, 2.05) is 19.2 Å². The second-order valence-electron chi connectivity index (χ2n) is 6.22. The monoisotopic (exact) mass is 487 g/mol. The van der Waals surface area contributed by atoms with Gasteiger partial charge in [0.1, 0.15) is 18.0 Å². The van der Waals surface area contributed by atoms with Gasteiger partial charge in [0.15, 0.2) is 5.96 Å². The molecule has 0 saturated carbocycles. The van der Waals surface area contributed by atoms with Gasteiger partial charge in [0, 0.05) is 58.4 Å². The molecule has 0 atom stereocenters. The molecule has 3 rings (SSSR count). The summed E-state index contributed by atoms with van der Waals surface area (Å²) in [7, 11) is 1.81. The number of nitrogens with one attached hydrogen (secondary N) is 1. The minimum Gasteiger partial charge on any atom is -0.368 e. The van der Waals surface area contributed by atoms with E-state index in [4.69, 9.17) is 0 Å². The number of halogens is 2. The fraction of sp³-hybridized carbons (Fsp3) is 0.500. The summed E-state index contributed by atoms with van der Waals surface area (Å²) in [6.07, 6.45) is 2.64. The Morgan fingerprint density at radius 2 is 1.89 bits per heavy atom. The number of hydrogen-bond acceptors (Lipinski definition) is 4. The Morgan fingerprint density at radius 1 is 1.19 bits per heavy atom. The average molecular weight is 487 g/mol. The Hall–Kier alpha value is -1.91. The summed E-state index contributed by atoms with van der Waals surface area (Å²) >= 11 is 0. The summed E-state index contributed by atoms with van der Waals surface area (Å²) in [4.78, 5) is 8.93. The summed E-state index contributed by atoms with van der Waals surface area (Å²) in [6.45, 7) is 7.19. The van der Waals surface area contributed by atoms with Gasteiger partial charge < -0.3 is 19.7 Å². The molecule has 0 aliphatic carbocycles. The molecular weight excluding hydrogens is 460 g/mol. The van der Waals surface area contributed by atoms with Crippen molar-refractivity contribution >= 4 is 35.6 Å². The Morgan fingerprint density at radius 3 is 2.52 bits per heavy atom. The molecule has 0 unspecified atom stereocenters. The molecule has 0 amide bonds. The molecule has 1 aliphatic rings. The molecule has 1 aromatic carbocycles. The van der Waals surface area contributed by atoms with Crippen LogP contribution in [0.1, 0.15) is 12.7 Å². The number of piperazine rings is 1.